The van der Waals surface area contributed by atoms with E-state index in [0.717, 1.165) is 0 Å². The Hall–Kier alpha value is -1.43. The summed E-state index contributed by atoms with van der Waals surface area (Å²) in [5.74, 6) is -0.884. The molecule has 18 heavy (non-hydrogen) atoms. The molecule has 1 fully saturated rings. The number of halogens is 3. The number of rotatable bonds is 2. The van der Waals surface area contributed by atoms with Crippen LogP contribution < -0.4 is 5.32 Å². The molecule has 98 valence electrons. The van der Waals surface area contributed by atoms with E-state index < -0.39 is 17.4 Å². The molecule has 1 N–H and O–H groups in total. The number of nitrogens with zero attached hydrogens (tertiary/aromatic N) is 1. The Morgan fingerprint density at radius 3 is 2.72 bits per heavy atom. The molecule has 1 atom stereocenters. The molecule has 6 heteroatoms. The lowest BCUT2D eigenvalue weighted by Crippen LogP contribution is -2.47. The van der Waals surface area contributed by atoms with Crippen LogP contribution >= 0.6 is 0 Å². The van der Waals surface area contributed by atoms with Gasteiger partial charge in [-0.3, -0.25) is 9.78 Å². The Morgan fingerprint density at radius 2 is 2.22 bits per heavy atom. The summed E-state index contributed by atoms with van der Waals surface area (Å²) in [6.07, 6.45) is -2.09. The van der Waals surface area contributed by atoms with E-state index >= 15 is 0 Å². The number of carbonyl (C=O) groups is 1. The number of Topliss-reactive ketones (excluding diaryl/α,β-unsaturated/α-hetero) is 1. The SMILES string of the molecule is Cc1ccncc1C(=O)C1(C(F)(F)F)CCNC1. The van der Waals surface area contributed by atoms with Gasteiger partial charge in [0.2, 0.25) is 0 Å². The summed E-state index contributed by atoms with van der Waals surface area (Å²) < 4.78 is 39.6. The molecule has 1 aliphatic rings. The molecule has 2 rings (SSSR count). The fraction of sp³-hybridized carbons (Fsp3) is 0.500. The standard InChI is InChI=1S/C12H13F3N2O/c1-8-2-4-16-6-9(8)10(18)11(12(13,14)15)3-5-17-7-11/h2,4,6,17H,3,5,7H2,1H3. The van der Waals surface area contributed by atoms with Crippen molar-refractivity contribution in [2.45, 2.75) is 19.5 Å². The second-order valence-electron chi connectivity index (χ2n) is 4.53. The predicted molar refractivity (Wildman–Crippen MR) is 59.3 cm³/mol. The van der Waals surface area contributed by atoms with Crippen molar-refractivity contribution in [2.75, 3.05) is 13.1 Å². The van der Waals surface area contributed by atoms with Gasteiger partial charge in [-0.1, -0.05) is 0 Å². The zero-order chi connectivity index (χ0) is 13.4. The smallest absolute Gasteiger partial charge is 0.315 e. The minimum atomic E-state index is -4.55. The van der Waals surface area contributed by atoms with E-state index in [0.29, 0.717) is 5.56 Å². The van der Waals surface area contributed by atoms with Crippen LogP contribution in [-0.2, 0) is 0 Å². The summed E-state index contributed by atoms with van der Waals surface area (Å²) in [5.41, 5.74) is -1.73. The van der Waals surface area contributed by atoms with Crippen LogP contribution in [0.5, 0.6) is 0 Å². The zero-order valence-corrected chi connectivity index (χ0v) is 9.84. The lowest BCUT2D eigenvalue weighted by molar-refractivity contribution is -0.197. The monoisotopic (exact) mass is 258 g/mol. The Kier molecular flexibility index (Phi) is 3.14. The van der Waals surface area contributed by atoms with Gasteiger partial charge in [0.05, 0.1) is 0 Å². The summed E-state index contributed by atoms with van der Waals surface area (Å²) in [4.78, 5) is 16.0. The summed E-state index contributed by atoms with van der Waals surface area (Å²) in [6.45, 7) is 1.45. The first-order valence-electron chi connectivity index (χ1n) is 5.61. The van der Waals surface area contributed by atoms with Gasteiger partial charge in [0.1, 0.15) is 5.41 Å². The lowest BCUT2D eigenvalue weighted by Gasteiger charge is -2.29. The summed E-state index contributed by atoms with van der Waals surface area (Å²) in [5, 5.41) is 2.63. The largest absolute Gasteiger partial charge is 0.402 e. The molecule has 1 aliphatic heterocycles. The highest BCUT2D eigenvalue weighted by molar-refractivity contribution is 6.02. The Bertz CT molecular complexity index is 465. The highest BCUT2D eigenvalue weighted by Gasteiger charge is 2.61. The van der Waals surface area contributed by atoms with Crippen LogP contribution in [-0.4, -0.2) is 30.0 Å². The number of alkyl halides is 3. The van der Waals surface area contributed by atoms with Gasteiger partial charge in [-0.2, -0.15) is 13.2 Å². The quantitative estimate of drug-likeness (QED) is 0.826. The third-order valence-corrected chi connectivity index (χ3v) is 3.42. The molecule has 0 radical (unpaired) electrons. The average molecular weight is 258 g/mol. The van der Waals surface area contributed by atoms with Crippen molar-refractivity contribution in [3.8, 4) is 0 Å². The van der Waals surface area contributed by atoms with Crippen molar-refractivity contribution >= 4 is 5.78 Å². The van der Waals surface area contributed by atoms with Crippen molar-refractivity contribution < 1.29 is 18.0 Å². The summed E-state index contributed by atoms with van der Waals surface area (Å²) in [6, 6.07) is 1.54. The topological polar surface area (TPSA) is 42.0 Å². The fourth-order valence-corrected chi connectivity index (χ4v) is 2.22. The van der Waals surface area contributed by atoms with E-state index in [1.165, 1.54) is 12.4 Å². The first kappa shape index (κ1) is 13.0. The number of nitrogens with one attached hydrogen (secondary N) is 1. The maximum atomic E-state index is 13.2. The number of aryl methyl sites for hydroxylation is 1. The average Bonchev–Trinajstić information content (AvgIpc) is 2.78. The molecule has 1 saturated heterocycles. The lowest BCUT2D eigenvalue weighted by atomic mass is 9.78. The van der Waals surface area contributed by atoms with Gasteiger partial charge in [-0.05, 0) is 31.5 Å². The Morgan fingerprint density at radius 1 is 1.50 bits per heavy atom. The molecular formula is C12H13F3N2O. The van der Waals surface area contributed by atoms with Crippen LogP contribution in [0.1, 0.15) is 22.3 Å². The highest BCUT2D eigenvalue weighted by Crippen LogP contribution is 2.45. The maximum absolute atomic E-state index is 13.2. The third-order valence-electron chi connectivity index (χ3n) is 3.42. The fourth-order valence-electron chi connectivity index (χ4n) is 2.22. The number of aromatic nitrogens is 1. The van der Waals surface area contributed by atoms with Crippen molar-refractivity contribution in [2.24, 2.45) is 5.41 Å². The maximum Gasteiger partial charge on any atom is 0.402 e. The summed E-state index contributed by atoms with van der Waals surface area (Å²) in [7, 11) is 0. The number of pyridine rings is 1. The Labute approximate surface area is 102 Å². The molecule has 0 spiro atoms. The van der Waals surface area contributed by atoms with Crippen LogP contribution in [0.25, 0.3) is 0 Å². The molecule has 0 bridgehead atoms. The third kappa shape index (κ3) is 1.90. The van der Waals surface area contributed by atoms with Gasteiger partial charge in [-0.25, -0.2) is 0 Å². The van der Waals surface area contributed by atoms with E-state index in [1.807, 2.05) is 0 Å². The molecule has 2 heterocycles. The minimum Gasteiger partial charge on any atom is -0.315 e. The molecule has 0 saturated carbocycles. The van der Waals surface area contributed by atoms with Crippen molar-refractivity contribution in [1.29, 1.82) is 0 Å². The minimum absolute atomic E-state index is 0.0542. The normalized spacial score (nSPS) is 24.2. The molecule has 0 aliphatic carbocycles. The second kappa shape index (κ2) is 4.35. The van der Waals surface area contributed by atoms with E-state index in [2.05, 4.69) is 10.3 Å². The number of ketones is 1. The van der Waals surface area contributed by atoms with Crippen LogP contribution in [0.2, 0.25) is 0 Å². The molecule has 0 aromatic carbocycles. The molecule has 0 amide bonds. The first-order chi connectivity index (χ1) is 8.38. The van der Waals surface area contributed by atoms with Gasteiger partial charge in [0.15, 0.2) is 5.78 Å². The van der Waals surface area contributed by atoms with Crippen LogP contribution in [0.3, 0.4) is 0 Å². The molecule has 1 aromatic heterocycles. The first-order valence-corrected chi connectivity index (χ1v) is 5.61. The van der Waals surface area contributed by atoms with Gasteiger partial charge in [0, 0.05) is 24.5 Å². The van der Waals surface area contributed by atoms with Gasteiger partial charge in [-0.15, -0.1) is 0 Å². The van der Waals surface area contributed by atoms with Gasteiger partial charge >= 0.3 is 6.18 Å². The molecule has 1 aromatic rings. The second-order valence-corrected chi connectivity index (χ2v) is 4.53. The van der Waals surface area contributed by atoms with Gasteiger partial charge < -0.3 is 5.32 Å². The van der Waals surface area contributed by atoms with E-state index in [4.69, 9.17) is 0 Å². The van der Waals surface area contributed by atoms with Crippen molar-refractivity contribution in [3.05, 3.63) is 29.6 Å². The van der Waals surface area contributed by atoms with Gasteiger partial charge in [0.25, 0.3) is 0 Å². The number of hydrogen-bond donors (Lipinski definition) is 1. The number of carbonyl (C=O) groups excluding carboxylic acids is 1. The predicted octanol–water partition coefficient (Wildman–Crippen LogP) is 2.11. The van der Waals surface area contributed by atoms with Crippen molar-refractivity contribution in [3.63, 3.8) is 0 Å². The van der Waals surface area contributed by atoms with E-state index in [1.54, 1.807) is 13.0 Å². The van der Waals surface area contributed by atoms with Crippen LogP contribution in [0, 0.1) is 12.3 Å². The number of hydrogen-bond acceptors (Lipinski definition) is 3. The Balaban J connectivity index is 2.46. The van der Waals surface area contributed by atoms with Crippen molar-refractivity contribution in [1.82, 2.24) is 10.3 Å². The molecule has 3 nitrogen and oxygen atoms in total. The van der Waals surface area contributed by atoms with E-state index in [-0.39, 0.29) is 25.1 Å². The molecular weight excluding hydrogens is 245 g/mol. The highest BCUT2D eigenvalue weighted by atomic mass is 19.4. The van der Waals surface area contributed by atoms with Crippen LogP contribution in [0.15, 0.2) is 18.5 Å². The molecule has 1 unspecified atom stereocenters. The van der Waals surface area contributed by atoms with Crippen LogP contribution in [0.4, 0.5) is 13.2 Å². The van der Waals surface area contributed by atoms with E-state index in [9.17, 15) is 18.0 Å². The zero-order valence-electron chi connectivity index (χ0n) is 9.84. The summed E-state index contributed by atoms with van der Waals surface area (Å²) >= 11 is 0.